The lowest BCUT2D eigenvalue weighted by Crippen LogP contribution is -2.32. The first-order valence-electron chi connectivity index (χ1n) is 8.27. The van der Waals surface area contributed by atoms with E-state index in [9.17, 15) is 14.4 Å². The minimum atomic E-state index is -0.624. The summed E-state index contributed by atoms with van der Waals surface area (Å²) in [7, 11) is 1.58. The lowest BCUT2D eigenvalue weighted by molar-refractivity contribution is -0.125. The molecular weight excluding hydrogens is 350 g/mol. The zero-order valence-electron chi connectivity index (χ0n) is 14.7. The van der Waals surface area contributed by atoms with Gasteiger partial charge in [-0.2, -0.15) is 0 Å². The number of imide groups is 1. The average molecular weight is 369 g/mol. The molecule has 0 unspecified atom stereocenters. The van der Waals surface area contributed by atoms with Crippen LogP contribution in [0.2, 0.25) is 0 Å². The molecule has 0 spiro atoms. The number of hydroxylamine groups is 1. The largest absolute Gasteiger partial charge is 0.497 e. The number of nitrogens with zero attached hydrogens (tertiary/aromatic N) is 2. The summed E-state index contributed by atoms with van der Waals surface area (Å²) < 4.78 is 5.11. The summed E-state index contributed by atoms with van der Waals surface area (Å²) in [5.41, 5.74) is 3.44. The molecule has 0 radical (unpaired) electrons. The molecule has 4 amide bonds. The van der Waals surface area contributed by atoms with Crippen LogP contribution < -0.4 is 10.2 Å². The number of urea groups is 1. The van der Waals surface area contributed by atoms with Crippen molar-refractivity contribution in [3.8, 4) is 5.75 Å². The molecule has 27 heavy (non-hydrogen) atoms. The first-order valence-corrected chi connectivity index (χ1v) is 8.27. The maximum atomic E-state index is 12.6. The van der Waals surface area contributed by atoms with Gasteiger partial charge in [-0.05, 0) is 35.4 Å². The second-order valence-corrected chi connectivity index (χ2v) is 6.10. The van der Waals surface area contributed by atoms with Crippen molar-refractivity contribution in [1.82, 2.24) is 15.3 Å². The molecule has 0 atom stereocenters. The summed E-state index contributed by atoms with van der Waals surface area (Å²) >= 11 is 0. The summed E-state index contributed by atoms with van der Waals surface area (Å²) in [6, 6.07) is 13.3. The van der Waals surface area contributed by atoms with Gasteiger partial charge >= 0.3 is 6.03 Å². The van der Waals surface area contributed by atoms with Gasteiger partial charge in [-0.15, -0.1) is 0 Å². The van der Waals surface area contributed by atoms with E-state index in [2.05, 4.69) is 0 Å². The molecule has 3 rings (SSSR count). The maximum Gasteiger partial charge on any atom is 0.327 e. The topological polar surface area (TPSA) is 99.2 Å². The summed E-state index contributed by atoms with van der Waals surface area (Å²) in [6.45, 7) is 0.481. The van der Waals surface area contributed by atoms with Crippen molar-refractivity contribution in [2.24, 2.45) is 0 Å². The molecule has 0 aromatic heterocycles. The van der Waals surface area contributed by atoms with Gasteiger partial charge in [0.25, 0.3) is 11.8 Å². The molecule has 8 nitrogen and oxygen atoms in total. The number of nitrogens with one attached hydrogen (secondary N) is 1. The summed E-state index contributed by atoms with van der Waals surface area (Å²) in [6.07, 6.45) is 0. The van der Waals surface area contributed by atoms with Crippen LogP contribution in [0.15, 0.2) is 48.5 Å². The minimum absolute atomic E-state index is 0.0237. The van der Waals surface area contributed by atoms with Crippen LogP contribution in [0.3, 0.4) is 0 Å². The highest BCUT2D eigenvalue weighted by atomic mass is 16.5. The molecular formula is C19H19N3O5. The van der Waals surface area contributed by atoms with E-state index >= 15 is 0 Å². The van der Waals surface area contributed by atoms with Crippen LogP contribution in [-0.4, -0.2) is 46.5 Å². The van der Waals surface area contributed by atoms with Gasteiger partial charge in [-0.25, -0.2) is 10.3 Å². The van der Waals surface area contributed by atoms with Crippen LogP contribution >= 0.6 is 0 Å². The number of amides is 4. The Labute approximate surface area is 155 Å². The molecule has 1 aliphatic heterocycles. The minimum Gasteiger partial charge on any atom is -0.497 e. The molecule has 140 valence electrons. The van der Waals surface area contributed by atoms with Gasteiger partial charge in [-0.3, -0.25) is 19.7 Å². The van der Waals surface area contributed by atoms with Gasteiger partial charge in [0.05, 0.1) is 13.7 Å². The second kappa shape index (κ2) is 7.88. The number of hydrogen-bond donors (Lipinski definition) is 2. The number of hydrogen-bond acceptors (Lipinski definition) is 5. The Kier molecular flexibility index (Phi) is 5.37. The molecule has 8 heteroatoms. The first kappa shape index (κ1) is 18.4. The predicted molar refractivity (Wildman–Crippen MR) is 95.0 cm³/mol. The Morgan fingerprint density at radius 1 is 1.04 bits per heavy atom. The number of benzene rings is 2. The fraction of sp³-hybridized carbons (Fsp3) is 0.211. The third kappa shape index (κ3) is 4.06. The Morgan fingerprint density at radius 3 is 2.22 bits per heavy atom. The van der Waals surface area contributed by atoms with E-state index < -0.39 is 5.91 Å². The third-order valence-corrected chi connectivity index (χ3v) is 4.32. The Morgan fingerprint density at radius 2 is 1.63 bits per heavy atom. The molecule has 1 saturated heterocycles. The normalized spacial score (nSPS) is 13.9. The Hall–Kier alpha value is -3.39. The third-order valence-electron chi connectivity index (χ3n) is 4.32. The lowest BCUT2D eigenvalue weighted by atomic mass is 10.1. The fourth-order valence-electron chi connectivity index (χ4n) is 2.83. The molecule has 2 aromatic rings. The second-order valence-electron chi connectivity index (χ2n) is 6.10. The molecule has 1 heterocycles. The zero-order chi connectivity index (χ0) is 19.4. The smallest absolute Gasteiger partial charge is 0.327 e. The average Bonchev–Trinajstić information content (AvgIpc) is 2.96. The van der Waals surface area contributed by atoms with Crippen molar-refractivity contribution in [1.29, 1.82) is 0 Å². The molecule has 0 bridgehead atoms. The Bertz CT molecular complexity index is 849. The van der Waals surface area contributed by atoms with Crippen molar-refractivity contribution in [3.05, 3.63) is 65.2 Å². The van der Waals surface area contributed by atoms with E-state index in [-0.39, 0.29) is 30.6 Å². The van der Waals surface area contributed by atoms with Crippen molar-refractivity contribution < 1.29 is 24.3 Å². The van der Waals surface area contributed by atoms with Gasteiger partial charge in [0.2, 0.25) is 0 Å². The number of carbonyl (C=O) groups excluding carboxylic acids is 3. The quantitative estimate of drug-likeness (QED) is 0.459. The standard InChI is InChI=1S/C19H19N3O5/c1-27-16-8-4-13(5-9-16)10-21-12-17(23)22(19(21)25)11-14-2-6-15(7-3-14)18(24)20-26/h2-9,26H,10-12H2,1H3,(H,20,24). The van der Waals surface area contributed by atoms with Crippen LogP contribution in [0, 0.1) is 0 Å². The highest BCUT2D eigenvalue weighted by molar-refractivity contribution is 6.02. The summed E-state index contributed by atoms with van der Waals surface area (Å²) in [4.78, 5) is 38.8. The van der Waals surface area contributed by atoms with E-state index in [1.807, 2.05) is 12.1 Å². The molecule has 1 aliphatic rings. The lowest BCUT2D eigenvalue weighted by Gasteiger charge is -2.17. The van der Waals surface area contributed by atoms with E-state index in [4.69, 9.17) is 9.94 Å². The van der Waals surface area contributed by atoms with Crippen molar-refractivity contribution in [3.63, 3.8) is 0 Å². The highest BCUT2D eigenvalue weighted by Crippen LogP contribution is 2.19. The van der Waals surface area contributed by atoms with Crippen LogP contribution in [-0.2, 0) is 17.9 Å². The number of methoxy groups -OCH3 is 1. The first-order chi connectivity index (χ1) is 13.0. The van der Waals surface area contributed by atoms with E-state index in [0.29, 0.717) is 12.1 Å². The molecule has 1 fully saturated rings. The van der Waals surface area contributed by atoms with Crippen molar-refractivity contribution >= 4 is 17.8 Å². The van der Waals surface area contributed by atoms with Gasteiger partial charge in [0, 0.05) is 12.1 Å². The predicted octanol–water partition coefficient (Wildman–Crippen LogP) is 1.78. The fourth-order valence-corrected chi connectivity index (χ4v) is 2.83. The number of ether oxygens (including phenoxy) is 1. The number of rotatable bonds is 6. The van der Waals surface area contributed by atoms with Crippen LogP contribution in [0.1, 0.15) is 21.5 Å². The zero-order valence-corrected chi connectivity index (χ0v) is 14.7. The van der Waals surface area contributed by atoms with Gasteiger partial charge in [0.15, 0.2) is 0 Å². The SMILES string of the molecule is COc1ccc(CN2CC(=O)N(Cc3ccc(C(=O)NO)cc3)C2=O)cc1. The van der Waals surface area contributed by atoms with Crippen LogP contribution in [0.5, 0.6) is 5.75 Å². The molecule has 0 aliphatic carbocycles. The Balaban J connectivity index is 1.65. The van der Waals surface area contributed by atoms with Gasteiger partial charge in [0.1, 0.15) is 12.3 Å². The van der Waals surface area contributed by atoms with Crippen molar-refractivity contribution in [2.45, 2.75) is 13.1 Å². The van der Waals surface area contributed by atoms with E-state index in [1.54, 1.807) is 36.9 Å². The summed E-state index contributed by atoms with van der Waals surface area (Å²) in [5.74, 6) is -0.172. The van der Waals surface area contributed by atoms with Gasteiger partial charge in [-0.1, -0.05) is 24.3 Å². The van der Waals surface area contributed by atoms with Crippen LogP contribution in [0.4, 0.5) is 4.79 Å². The van der Waals surface area contributed by atoms with E-state index in [1.165, 1.54) is 21.9 Å². The van der Waals surface area contributed by atoms with Crippen LogP contribution in [0.25, 0.3) is 0 Å². The maximum absolute atomic E-state index is 12.6. The van der Waals surface area contributed by atoms with E-state index in [0.717, 1.165) is 11.3 Å². The van der Waals surface area contributed by atoms with Gasteiger partial charge < -0.3 is 9.64 Å². The highest BCUT2D eigenvalue weighted by Gasteiger charge is 2.35. The summed E-state index contributed by atoms with van der Waals surface area (Å²) in [5, 5.41) is 8.63. The molecule has 0 saturated carbocycles. The molecule has 2 N–H and O–H groups in total. The monoisotopic (exact) mass is 369 g/mol. The molecule has 2 aromatic carbocycles. The van der Waals surface area contributed by atoms with Crippen molar-refractivity contribution in [2.75, 3.05) is 13.7 Å². The number of carbonyl (C=O) groups is 3.